The molecular formula is C16H11BrCl3F3N2O. The van der Waals surface area contributed by atoms with Crippen LogP contribution in [0.15, 0.2) is 53.0 Å². The van der Waals surface area contributed by atoms with E-state index < -0.39 is 27.6 Å². The number of benzene rings is 2. The van der Waals surface area contributed by atoms with Gasteiger partial charge in [-0.05, 0) is 36.4 Å². The average Bonchev–Trinajstić information content (AvgIpc) is 2.53. The summed E-state index contributed by atoms with van der Waals surface area (Å²) in [6, 6.07) is 11.0. The fourth-order valence-corrected chi connectivity index (χ4v) is 2.62. The summed E-state index contributed by atoms with van der Waals surface area (Å²) in [6.07, 6.45) is -6.02. The molecule has 140 valence electrons. The van der Waals surface area contributed by atoms with Gasteiger partial charge in [0, 0.05) is 15.7 Å². The predicted octanol–water partition coefficient (Wildman–Crippen LogP) is 6.01. The number of carbonyl (C=O) groups is 1. The van der Waals surface area contributed by atoms with Gasteiger partial charge in [0.2, 0.25) is 3.79 Å². The number of carbonyl (C=O) groups excluding carboxylic acids is 1. The minimum atomic E-state index is -4.61. The zero-order valence-corrected chi connectivity index (χ0v) is 16.6. The van der Waals surface area contributed by atoms with Crippen LogP contribution in [-0.4, -0.2) is 15.9 Å². The molecule has 1 amide bonds. The SMILES string of the molecule is O=C(N[C@@H](Nc1ccccc1C(F)(F)F)C(Cl)(Cl)Cl)c1ccc(Br)cc1. The molecule has 10 heteroatoms. The van der Waals surface area contributed by atoms with Crippen LogP contribution in [0.25, 0.3) is 0 Å². The van der Waals surface area contributed by atoms with Gasteiger partial charge in [-0.2, -0.15) is 13.2 Å². The fraction of sp³-hybridized carbons (Fsp3) is 0.188. The molecule has 0 spiro atoms. The van der Waals surface area contributed by atoms with E-state index in [0.29, 0.717) is 0 Å². The van der Waals surface area contributed by atoms with Crippen LogP contribution in [0.1, 0.15) is 15.9 Å². The first-order chi connectivity index (χ1) is 12.0. The van der Waals surface area contributed by atoms with Crippen molar-refractivity contribution < 1.29 is 18.0 Å². The highest BCUT2D eigenvalue weighted by Gasteiger charge is 2.38. The summed E-state index contributed by atoms with van der Waals surface area (Å²) in [5.74, 6) is -0.620. The maximum Gasteiger partial charge on any atom is 0.418 e. The second kappa shape index (κ2) is 8.25. The first-order valence-electron chi connectivity index (χ1n) is 7.04. The van der Waals surface area contributed by atoms with Crippen LogP contribution in [0.2, 0.25) is 0 Å². The number of halogens is 7. The molecule has 0 saturated carbocycles. The number of hydrogen-bond acceptors (Lipinski definition) is 2. The average molecular weight is 491 g/mol. The van der Waals surface area contributed by atoms with Crippen molar-refractivity contribution in [2.24, 2.45) is 0 Å². The van der Waals surface area contributed by atoms with Gasteiger partial charge < -0.3 is 10.6 Å². The third-order valence-corrected chi connectivity index (χ3v) is 4.42. The maximum absolute atomic E-state index is 13.1. The Kier molecular flexibility index (Phi) is 6.71. The van der Waals surface area contributed by atoms with Crippen molar-refractivity contribution in [2.45, 2.75) is 16.1 Å². The van der Waals surface area contributed by atoms with E-state index in [-0.39, 0.29) is 11.3 Å². The van der Waals surface area contributed by atoms with Crippen LogP contribution >= 0.6 is 50.7 Å². The number of anilines is 1. The molecule has 2 rings (SSSR count). The molecule has 2 aromatic carbocycles. The highest BCUT2D eigenvalue weighted by Crippen LogP contribution is 2.37. The molecule has 0 fully saturated rings. The minimum Gasteiger partial charge on any atom is -0.361 e. The quantitative estimate of drug-likeness (QED) is 0.407. The Balaban J connectivity index is 2.27. The summed E-state index contributed by atoms with van der Waals surface area (Å²) < 4.78 is 38.0. The van der Waals surface area contributed by atoms with E-state index in [1.165, 1.54) is 30.3 Å². The number of para-hydroxylation sites is 1. The van der Waals surface area contributed by atoms with Crippen molar-refractivity contribution in [2.75, 3.05) is 5.32 Å². The lowest BCUT2D eigenvalue weighted by atomic mass is 10.1. The highest BCUT2D eigenvalue weighted by atomic mass is 79.9. The predicted molar refractivity (Wildman–Crippen MR) is 101 cm³/mol. The third-order valence-electron chi connectivity index (χ3n) is 3.24. The molecule has 0 saturated heterocycles. The molecule has 0 heterocycles. The van der Waals surface area contributed by atoms with E-state index >= 15 is 0 Å². The zero-order chi connectivity index (χ0) is 19.5. The summed E-state index contributed by atoms with van der Waals surface area (Å²) in [5, 5.41) is 4.84. The van der Waals surface area contributed by atoms with Gasteiger partial charge in [-0.3, -0.25) is 4.79 Å². The van der Waals surface area contributed by atoms with Gasteiger partial charge in [-0.15, -0.1) is 0 Å². The molecule has 3 nitrogen and oxygen atoms in total. The van der Waals surface area contributed by atoms with Crippen molar-refractivity contribution in [3.63, 3.8) is 0 Å². The number of alkyl halides is 6. The third kappa shape index (κ3) is 5.67. The molecule has 2 N–H and O–H groups in total. The first kappa shape index (κ1) is 21.2. The standard InChI is InChI=1S/C16H11BrCl3F3N2O/c17-10-7-5-9(6-8-10)13(26)25-14(15(18,19)20)24-12-4-2-1-3-11(12)16(21,22)23/h1-8,14,24H,(H,25,26)/t14-/m1/s1. The molecule has 0 radical (unpaired) electrons. The van der Waals surface area contributed by atoms with E-state index in [0.717, 1.165) is 10.5 Å². The molecular weight excluding hydrogens is 479 g/mol. The number of rotatable bonds is 4. The van der Waals surface area contributed by atoms with Gasteiger partial charge in [0.1, 0.15) is 6.17 Å². The second-order valence-corrected chi connectivity index (χ2v) is 8.43. The zero-order valence-electron chi connectivity index (χ0n) is 12.8. The van der Waals surface area contributed by atoms with Crippen molar-refractivity contribution in [1.29, 1.82) is 0 Å². The van der Waals surface area contributed by atoms with Crippen LogP contribution < -0.4 is 10.6 Å². The Bertz CT molecular complexity index is 780. The van der Waals surface area contributed by atoms with Crippen LogP contribution in [-0.2, 0) is 6.18 Å². The van der Waals surface area contributed by atoms with Crippen molar-refractivity contribution in [1.82, 2.24) is 5.32 Å². The Morgan fingerprint density at radius 2 is 1.58 bits per heavy atom. The second-order valence-electron chi connectivity index (χ2n) is 5.14. The van der Waals surface area contributed by atoms with Crippen LogP contribution in [0.4, 0.5) is 18.9 Å². The molecule has 0 aliphatic heterocycles. The van der Waals surface area contributed by atoms with Gasteiger partial charge >= 0.3 is 6.18 Å². The Hall–Kier alpha value is -1.15. The molecule has 1 atom stereocenters. The van der Waals surface area contributed by atoms with Gasteiger partial charge in [0.15, 0.2) is 0 Å². The lowest BCUT2D eigenvalue weighted by molar-refractivity contribution is -0.137. The van der Waals surface area contributed by atoms with Gasteiger partial charge in [-0.1, -0.05) is 62.9 Å². The monoisotopic (exact) mass is 488 g/mol. The molecule has 0 aliphatic carbocycles. The van der Waals surface area contributed by atoms with Gasteiger partial charge in [-0.25, -0.2) is 0 Å². The van der Waals surface area contributed by atoms with Crippen LogP contribution in [0.3, 0.4) is 0 Å². The summed E-state index contributed by atoms with van der Waals surface area (Å²) in [6.45, 7) is 0. The normalized spacial score (nSPS) is 13.2. The lowest BCUT2D eigenvalue weighted by Crippen LogP contribution is -2.49. The Morgan fingerprint density at radius 3 is 2.12 bits per heavy atom. The first-order valence-corrected chi connectivity index (χ1v) is 8.97. The molecule has 0 aliphatic rings. The lowest BCUT2D eigenvalue weighted by Gasteiger charge is -2.28. The van der Waals surface area contributed by atoms with Gasteiger partial charge in [0.25, 0.3) is 5.91 Å². The molecule has 0 bridgehead atoms. The van der Waals surface area contributed by atoms with Gasteiger partial charge in [0.05, 0.1) is 5.56 Å². The molecule has 2 aromatic rings. The van der Waals surface area contributed by atoms with E-state index in [1.807, 2.05) is 0 Å². The molecule has 0 unspecified atom stereocenters. The highest BCUT2D eigenvalue weighted by molar-refractivity contribution is 9.10. The smallest absolute Gasteiger partial charge is 0.361 e. The van der Waals surface area contributed by atoms with E-state index in [1.54, 1.807) is 12.1 Å². The van der Waals surface area contributed by atoms with E-state index in [9.17, 15) is 18.0 Å². The number of amides is 1. The largest absolute Gasteiger partial charge is 0.418 e. The van der Waals surface area contributed by atoms with E-state index in [2.05, 4.69) is 26.6 Å². The Labute approximate surface area is 170 Å². The maximum atomic E-state index is 13.1. The summed E-state index contributed by atoms with van der Waals surface area (Å²) in [5.41, 5.74) is -1.03. The fourth-order valence-electron chi connectivity index (χ4n) is 2.03. The van der Waals surface area contributed by atoms with Crippen LogP contribution in [0, 0.1) is 0 Å². The van der Waals surface area contributed by atoms with Crippen molar-refractivity contribution in [3.05, 3.63) is 64.1 Å². The van der Waals surface area contributed by atoms with E-state index in [4.69, 9.17) is 34.8 Å². The Morgan fingerprint density at radius 1 is 1.00 bits per heavy atom. The summed E-state index contributed by atoms with van der Waals surface area (Å²) in [7, 11) is 0. The number of hydrogen-bond donors (Lipinski definition) is 2. The van der Waals surface area contributed by atoms with Crippen molar-refractivity contribution in [3.8, 4) is 0 Å². The summed E-state index contributed by atoms with van der Waals surface area (Å²) >= 11 is 20.7. The van der Waals surface area contributed by atoms with Crippen LogP contribution in [0.5, 0.6) is 0 Å². The topological polar surface area (TPSA) is 41.1 Å². The van der Waals surface area contributed by atoms with Crippen molar-refractivity contribution >= 4 is 62.3 Å². The molecule has 0 aromatic heterocycles. The summed E-state index contributed by atoms with van der Waals surface area (Å²) in [4.78, 5) is 12.3. The molecule has 26 heavy (non-hydrogen) atoms. The minimum absolute atomic E-state index is 0.248. The number of nitrogens with one attached hydrogen (secondary N) is 2.